The summed E-state index contributed by atoms with van der Waals surface area (Å²) in [7, 11) is 0. The minimum absolute atomic E-state index is 0.00392. The lowest BCUT2D eigenvalue weighted by Gasteiger charge is -2.14. The van der Waals surface area contributed by atoms with E-state index >= 15 is 0 Å². The Morgan fingerprint density at radius 1 is 1.43 bits per heavy atom. The molecule has 0 amide bonds. The predicted octanol–water partition coefficient (Wildman–Crippen LogP) is 3.48. The standard InChI is InChI=1S/C14H18N4OS2/c1-5-6-17-11(19)10-8(7-9(21-10)14(2,3)4)18-12(17)15-16-13(18)20/h7H,5-6H2,1-4H3,(H,16,20). The van der Waals surface area contributed by atoms with Crippen LogP contribution < -0.4 is 5.56 Å². The van der Waals surface area contributed by atoms with Gasteiger partial charge in [-0.2, -0.15) is 0 Å². The first-order valence-corrected chi connectivity index (χ1v) is 8.21. The third-order valence-electron chi connectivity index (χ3n) is 3.48. The maximum Gasteiger partial charge on any atom is 0.272 e. The van der Waals surface area contributed by atoms with E-state index in [-0.39, 0.29) is 11.0 Å². The van der Waals surface area contributed by atoms with Crippen molar-refractivity contribution >= 4 is 39.5 Å². The number of aromatic nitrogens is 4. The maximum absolute atomic E-state index is 12.8. The summed E-state index contributed by atoms with van der Waals surface area (Å²) < 4.78 is 4.85. The Morgan fingerprint density at radius 2 is 2.14 bits per heavy atom. The van der Waals surface area contributed by atoms with Crippen molar-refractivity contribution in [2.45, 2.75) is 46.1 Å². The maximum atomic E-state index is 12.8. The summed E-state index contributed by atoms with van der Waals surface area (Å²) in [5.74, 6) is 0.595. The second kappa shape index (κ2) is 4.78. The van der Waals surface area contributed by atoms with E-state index in [4.69, 9.17) is 12.2 Å². The van der Waals surface area contributed by atoms with Crippen molar-refractivity contribution in [1.29, 1.82) is 0 Å². The molecule has 3 heterocycles. The summed E-state index contributed by atoms with van der Waals surface area (Å²) in [4.78, 5) is 13.9. The van der Waals surface area contributed by atoms with Crippen LogP contribution >= 0.6 is 23.6 Å². The van der Waals surface area contributed by atoms with Gasteiger partial charge in [-0.3, -0.25) is 13.8 Å². The molecule has 0 saturated heterocycles. The highest BCUT2D eigenvalue weighted by molar-refractivity contribution is 7.71. The number of aromatic amines is 1. The van der Waals surface area contributed by atoms with Gasteiger partial charge < -0.3 is 0 Å². The minimum Gasteiger partial charge on any atom is -0.276 e. The topological polar surface area (TPSA) is 55.1 Å². The van der Waals surface area contributed by atoms with Gasteiger partial charge in [0.15, 0.2) is 0 Å². The highest BCUT2D eigenvalue weighted by atomic mass is 32.1. The zero-order valence-electron chi connectivity index (χ0n) is 12.6. The Kier molecular flexibility index (Phi) is 3.29. The van der Waals surface area contributed by atoms with Crippen LogP contribution in [0, 0.1) is 4.77 Å². The molecule has 3 aromatic rings. The van der Waals surface area contributed by atoms with Gasteiger partial charge >= 0.3 is 0 Å². The summed E-state index contributed by atoms with van der Waals surface area (Å²) >= 11 is 6.89. The van der Waals surface area contributed by atoms with Gasteiger partial charge in [0.25, 0.3) is 5.56 Å². The van der Waals surface area contributed by atoms with E-state index in [1.54, 1.807) is 15.9 Å². The molecule has 5 nitrogen and oxygen atoms in total. The van der Waals surface area contributed by atoms with Crippen LogP contribution in [-0.2, 0) is 12.0 Å². The normalized spacial score (nSPS) is 12.6. The fourth-order valence-electron chi connectivity index (χ4n) is 2.40. The van der Waals surface area contributed by atoms with Crippen molar-refractivity contribution in [1.82, 2.24) is 19.2 Å². The molecule has 0 aromatic carbocycles. The molecular weight excluding hydrogens is 304 g/mol. The molecule has 0 radical (unpaired) electrons. The molecule has 0 atom stereocenters. The molecule has 0 fully saturated rings. The first-order chi connectivity index (χ1) is 9.84. The van der Waals surface area contributed by atoms with Gasteiger partial charge in [0.05, 0.1) is 5.52 Å². The zero-order chi connectivity index (χ0) is 15.4. The van der Waals surface area contributed by atoms with Gasteiger partial charge in [-0.25, -0.2) is 5.10 Å². The molecule has 0 spiro atoms. The van der Waals surface area contributed by atoms with Crippen LogP contribution in [-0.4, -0.2) is 19.2 Å². The molecule has 0 unspecified atom stereocenters. The Morgan fingerprint density at radius 3 is 2.76 bits per heavy atom. The third kappa shape index (κ3) is 2.15. The zero-order valence-corrected chi connectivity index (χ0v) is 14.2. The minimum atomic E-state index is 0.00392. The van der Waals surface area contributed by atoms with Gasteiger partial charge in [-0.1, -0.05) is 27.7 Å². The largest absolute Gasteiger partial charge is 0.276 e. The fraction of sp³-hybridized carbons (Fsp3) is 0.500. The number of nitrogens with one attached hydrogen (secondary N) is 1. The summed E-state index contributed by atoms with van der Waals surface area (Å²) in [5, 5.41) is 7.04. The van der Waals surface area contributed by atoms with Crippen molar-refractivity contribution in [2.75, 3.05) is 0 Å². The van der Waals surface area contributed by atoms with Crippen LogP contribution in [0.3, 0.4) is 0 Å². The van der Waals surface area contributed by atoms with E-state index in [1.165, 1.54) is 4.88 Å². The molecule has 3 rings (SSSR count). The Hall–Kier alpha value is -1.47. The first-order valence-electron chi connectivity index (χ1n) is 6.98. The molecule has 0 aliphatic heterocycles. The smallest absolute Gasteiger partial charge is 0.272 e. The lowest BCUT2D eigenvalue weighted by molar-refractivity contribution is 0.604. The SMILES string of the molecule is CCCn1c(=O)c2sc(C(C)(C)C)cc2n2c(=S)[nH]nc12. The van der Waals surface area contributed by atoms with Gasteiger partial charge in [0.2, 0.25) is 10.5 Å². The molecule has 0 saturated carbocycles. The second-order valence-electron chi connectivity index (χ2n) is 6.20. The number of hydrogen-bond donors (Lipinski definition) is 1. The second-order valence-corrected chi connectivity index (χ2v) is 7.63. The third-order valence-corrected chi connectivity index (χ3v) is 5.29. The van der Waals surface area contributed by atoms with E-state index < -0.39 is 0 Å². The van der Waals surface area contributed by atoms with Crippen molar-refractivity contribution in [2.24, 2.45) is 0 Å². The average molecular weight is 322 g/mol. The predicted molar refractivity (Wildman–Crippen MR) is 89.0 cm³/mol. The van der Waals surface area contributed by atoms with Gasteiger partial charge in [0.1, 0.15) is 4.70 Å². The molecule has 21 heavy (non-hydrogen) atoms. The quantitative estimate of drug-likeness (QED) is 0.735. The van der Waals surface area contributed by atoms with Gasteiger partial charge in [-0.15, -0.1) is 16.4 Å². The van der Waals surface area contributed by atoms with E-state index in [0.29, 0.717) is 17.1 Å². The average Bonchev–Trinajstić information content (AvgIpc) is 2.98. The Balaban J connectivity index is 2.53. The van der Waals surface area contributed by atoms with Crippen LogP contribution in [0.4, 0.5) is 0 Å². The van der Waals surface area contributed by atoms with Gasteiger partial charge in [0, 0.05) is 11.4 Å². The van der Waals surface area contributed by atoms with Crippen LogP contribution in [0.25, 0.3) is 16.0 Å². The molecule has 3 aromatic heterocycles. The van der Waals surface area contributed by atoms with Crippen molar-refractivity contribution < 1.29 is 0 Å². The molecular formula is C14H18N4OS2. The summed E-state index contributed by atoms with van der Waals surface area (Å²) in [6.07, 6.45) is 0.873. The van der Waals surface area contributed by atoms with Crippen LogP contribution in [0.1, 0.15) is 39.0 Å². The van der Waals surface area contributed by atoms with E-state index in [9.17, 15) is 4.79 Å². The van der Waals surface area contributed by atoms with Crippen LogP contribution in [0.2, 0.25) is 0 Å². The Bertz CT molecular complexity index is 936. The number of thiophene rings is 1. The molecule has 1 N–H and O–H groups in total. The van der Waals surface area contributed by atoms with Crippen molar-refractivity contribution in [3.8, 4) is 0 Å². The van der Waals surface area contributed by atoms with Gasteiger partial charge in [-0.05, 0) is 30.1 Å². The highest BCUT2D eigenvalue weighted by Gasteiger charge is 2.21. The van der Waals surface area contributed by atoms with E-state index in [1.807, 2.05) is 11.3 Å². The molecule has 7 heteroatoms. The summed E-state index contributed by atoms with van der Waals surface area (Å²) in [6.45, 7) is 9.13. The van der Waals surface area contributed by atoms with Crippen LogP contribution in [0.15, 0.2) is 10.9 Å². The van der Waals surface area contributed by atoms with Crippen molar-refractivity contribution in [3.05, 3.63) is 26.1 Å². The first kappa shape index (κ1) is 14.5. The fourth-order valence-corrected chi connectivity index (χ4v) is 3.77. The number of fused-ring (bicyclic) bond motifs is 3. The number of nitrogens with zero attached hydrogens (tertiary/aromatic N) is 3. The lowest BCUT2D eigenvalue weighted by atomic mass is 9.95. The van der Waals surface area contributed by atoms with E-state index in [0.717, 1.165) is 16.6 Å². The molecule has 0 aliphatic carbocycles. The summed E-state index contributed by atoms with van der Waals surface area (Å²) in [6, 6.07) is 2.07. The Labute approximate surface area is 131 Å². The number of hydrogen-bond acceptors (Lipinski definition) is 4. The van der Waals surface area contributed by atoms with E-state index in [2.05, 4.69) is 37.0 Å². The molecule has 0 aliphatic rings. The summed E-state index contributed by atoms with van der Waals surface area (Å²) in [5.41, 5.74) is 0.883. The monoisotopic (exact) mass is 322 g/mol. The lowest BCUT2D eigenvalue weighted by Crippen LogP contribution is -2.22. The highest BCUT2D eigenvalue weighted by Crippen LogP contribution is 2.32. The number of H-pyrrole nitrogens is 1. The molecule has 0 bridgehead atoms. The van der Waals surface area contributed by atoms with Crippen LogP contribution in [0.5, 0.6) is 0 Å². The van der Waals surface area contributed by atoms with Crippen molar-refractivity contribution in [3.63, 3.8) is 0 Å². The molecule has 112 valence electrons. The number of rotatable bonds is 2. The number of aryl methyl sites for hydroxylation is 1.